The third-order valence-corrected chi connectivity index (χ3v) is 2.11. The van der Waals surface area contributed by atoms with Crippen molar-refractivity contribution in [2.24, 2.45) is 11.8 Å². The molecule has 1 amide bonds. The van der Waals surface area contributed by atoms with Gasteiger partial charge < -0.3 is 10.1 Å². The highest BCUT2D eigenvalue weighted by molar-refractivity contribution is 5.77. The van der Waals surface area contributed by atoms with E-state index in [2.05, 4.69) is 5.32 Å². The molecule has 0 aliphatic carbocycles. The van der Waals surface area contributed by atoms with Gasteiger partial charge in [-0.15, -0.1) is 0 Å². The van der Waals surface area contributed by atoms with E-state index in [1.165, 1.54) is 0 Å². The predicted molar refractivity (Wildman–Crippen MR) is 46.8 cm³/mol. The SMILES string of the molecule is CC(C)C(=O)NC[C@H]1CCOC1. The van der Waals surface area contributed by atoms with Crippen LogP contribution in [0.15, 0.2) is 0 Å². The van der Waals surface area contributed by atoms with Crippen molar-refractivity contribution in [3.63, 3.8) is 0 Å². The Morgan fingerprint density at radius 2 is 2.42 bits per heavy atom. The van der Waals surface area contributed by atoms with Crippen LogP contribution in [-0.4, -0.2) is 25.7 Å². The molecule has 0 unspecified atom stereocenters. The van der Waals surface area contributed by atoms with Gasteiger partial charge in [-0.25, -0.2) is 0 Å². The fourth-order valence-electron chi connectivity index (χ4n) is 1.19. The van der Waals surface area contributed by atoms with Crippen LogP contribution in [0.4, 0.5) is 0 Å². The van der Waals surface area contributed by atoms with E-state index in [4.69, 9.17) is 4.74 Å². The van der Waals surface area contributed by atoms with E-state index in [0.717, 1.165) is 26.2 Å². The van der Waals surface area contributed by atoms with Gasteiger partial charge in [0.15, 0.2) is 0 Å². The molecule has 0 aromatic rings. The van der Waals surface area contributed by atoms with Gasteiger partial charge in [-0.3, -0.25) is 4.79 Å². The fraction of sp³-hybridized carbons (Fsp3) is 0.889. The molecule has 1 rings (SSSR count). The quantitative estimate of drug-likeness (QED) is 0.682. The summed E-state index contributed by atoms with van der Waals surface area (Å²) in [5, 5.41) is 2.91. The van der Waals surface area contributed by atoms with Gasteiger partial charge in [-0.1, -0.05) is 13.8 Å². The summed E-state index contributed by atoms with van der Waals surface area (Å²) < 4.78 is 5.20. The van der Waals surface area contributed by atoms with E-state index < -0.39 is 0 Å². The van der Waals surface area contributed by atoms with Gasteiger partial charge >= 0.3 is 0 Å². The first-order valence-corrected chi connectivity index (χ1v) is 4.55. The van der Waals surface area contributed by atoms with Crippen molar-refractivity contribution in [1.82, 2.24) is 5.32 Å². The van der Waals surface area contributed by atoms with Crippen molar-refractivity contribution in [2.75, 3.05) is 19.8 Å². The Balaban J connectivity index is 2.12. The molecule has 1 fully saturated rings. The number of carbonyl (C=O) groups excluding carboxylic acids is 1. The van der Waals surface area contributed by atoms with Crippen LogP contribution in [0.5, 0.6) is 0 Å². The Hall–Kier alpha value is -0.570. The maximum atomic E-state index is 11.1. The van der Waals surface area contributed by atoms with Crippen LogP contribution in [0, 0.1) is 11.8 Å². The number of ether oxygens (including phenoxy) is 1. The third-order valence-electron chi connectivity index (χ3n) is 2.11. The predicted octanol–water partition coefficient (Wildman–Crippen LogP) is 0.795. The molecule has 0 saturated carbocycles. The molecule has 0 aromatic heterocycles. The zero-order chi connectivity index (χ0) is 8.97. The van der Waals surface area contributed by atoms with Crippen molar-refractivity contribution in [3.05, 3.63) is 0 Å². The zero-order valence-corrected chi connectivity index (χ0v) is 7.80. The monoisotopic (exact) mass is 171 g/mol. The number of hydrogen-bond acceptors (Lipinski definition) is 2. The summed E-state index contributed by atoms with van der Waals surface area (Å²) in [5.74, 6) is 0.766. The summed E-state index contributed by atoms with van der Waals surface area (Å²) in [7, 11) is 0. The first-order valence-electron chi connectivity index (χ1n) is 4.55. The molecule has 12 heavy (non-hydrogen) atoms. The fourth-order valence-corrected chi connectivity index (χ4v) is 1.19. The summed E-state index contributed by atoms with van der Waals surface area (Å²) in [6.45, 7) is 6.23. The summed E-state index contributed by atoms with van der Waals surface area (Å²) in [5.41, 5.74) is 0. The van der Waals surface area contributed by atoms with E-state index in [1.807, 2.05) is 13.8 Å². The van der Waals surface area contributed by atoms with Crippen molar-refractivity contribution < 1.29 is 9.53 Å². The number of hydrogen-bond donors (Lipinski definition) is 1. The average Bonchev–Trinajstić information content (AvgIpc) is 2.51. The molecule has 1 N–H and O–H groups in total. The standard InChI is InChI=1S/C9H17NO2/c1-7(2)9(11)10-5-8-3-4-12-6-8/h7-8H,3-6H2,1-2H3,(H,10,11)/t8-/m1/s1. The van der Waals surface area contributed by atoms with E-state index in [9.17, 15) is 4.79 Å². The molecular weight excluding hydrogens is 154 g/mol. The molecule has 1 heterocycles. The van der Waals surface area contributed by atoms with Crippen LogP contribution in [0.25, 0.3) is 0 Å². The van der Waals surface area contributed by atoms with Crippen LogP contribution in [0.3, 0.4) is 0 Å². The Labute approximate surface area is 73.5 Å². The van der Waals surface area contributed by atoms with Crippen LogP contribution in [-0.2, 0) is 9.53 Å². The van der Waals surface area contributed by atoms with Crippen LogP contribution >= 0.6 is 0 Å². The Bertz CT molecular complexity index is 151. The molecule has 1 aliphatic heterocycles. The summed E-state index contributed by atoms with van der Waals surface area (Å²) in [4.78, 5) is 11.1. The number of rotatable bonds is 3. The summed E-state index contributed by atoms with van der Waals surface area (Å²) >= 11 is 0. The second-order valence-electron chi connectivity index (χ2n) is 3.63. The number of nitrogens with one attached hydrogen (secondary N) is 1. The van der Waals surface area contributed by atoms with Crippen LogP contribution < -0.4 is 5.32 Å². The van der Waals surface area contributed by atoms with Crippen molar-refractivity contribution in [1.29, 1.82) is 0 Å². The van der Waals surface area contributed by atoms with Crippen LogP contribution in [0.1, 0.15) is 20.3 Å². The first-order chi connectivity index (χ1) is 5.70. The number of amides is 1. The molecule has 1 saturated heterocycles. The largest absolute Gasteiger partial charge is 0.381 e. The highest BCUT2D eigenvalue weighted by atomic mass is 16.5. The highest BCUT2D eigenvalue weighted by Crippen LogP contribution is 2.10. The Morgan fingerprint density at radius 1 is 1.67 bits per heavy atom. The lowest BCUT2D eigenvalue weighted by Gasteiger charge is -2.10. The van der Waals surface area contributed by atoms with Crippen molar-refractivity contribution in [2.45, 2.75) is 20.3 Å². The Kier molecular flexibility index (Phi) is 3.53. The highest BCUT2D eigenvalue weighted by Gasteiger charge is 2.16. The zero-order valence-electron chi connectivity index (χ0n) is 7.80. The average molecular weight is 171 g/mol. The molecule has 3 heteroatoms. The van der Waals surface area contributed by atoms with Crippen molar-refractivity contribution in [3.8, 4) is 0 Å². The summed E-state index contributed by atoms with van der Waals surface area (Å²) in [6.07, 6.45) is 1.08. The molecular formula is C9H17NO2. The normalized spacial score (nSPS) is 23.1. The molecule has 1 aliphatic rings. The maximum Gasteiger partial charge on any atom is 0.222 e. The van der Waals surface area contributed by atoms with E-state index in [-0.39, 0.29) is 11.8 Å². The van der Waals surface area contributed by atoms with Gasteiger partial charge in [-0.05, 0) is 6.42 Å². The van der Waals surface area contributed by atoms with Gasteiger partial charge in [0.1, 0.15) is 0 Å². The van der Waals surface area contributed by atoms with Gasteiger partial charge in [0.25, 0.3) is 0 Å². The minimum Gasteiger partial charge on any atom is -0.381 e. The summed E-state index contributed by atoms with van der Waals surface area (Å²) in [6, 6.07) is 0. The molecule has 0 spiro atoms. The minimum atomic E-state index is 0.0901. The van der Waals surface area contributed by atoms with E-state index in [0.29, 0.717) is 5.92 Å². The van der Waals surface area contributed by atoms with E-state index >= 15 is 0 Å². The van der Waals surface area contributed by atoms with Crippen LogP contribution in [0.2, 0.25) is 0 Å². The van der Waals surface area contributed by atoms with Crippen molar-refractivity contribution >= 4 is 5.91 Å². The molecule has 0 aromatic carbocycles. The molecule has 0 radical (unpaired) electrons. The lowest BCUT2D eigenvalue weighted by Crippen LogP contribution is -2.32. The maximum absolute atomic E-state index is 11.1. The smallest absolute Gasteiger partial charge is 0.222 e. The lowest BCUT2D eigenvalue weighted by atomic mass is 10.1. The Morgan fingerprint density at radius 3 is 2.92 bits per heavy atom. The topological polar surface area (TPSA) is 38.3 Å². The minimum absolute atomic E-state index is 0.0901. The first kappa shape index (κ1) is 9.52. The molecule has 1 atom stereocenters. The van der Waals surface area contributed by atoms with Gasteiger partial charge in [0.2, 0.25) is 5.91 Å². The third kappa shape index (κ3) is 2.81. The molecule has 0 bridgehead atoms. The number of carbonyl (C=O) groups is 1. The lowest BCUT2D eigenvalue weighted by molar-refractivity contribution is -0.124. The second-order valence-corrected chi connectivity index (χ2v) is 3.63. The van der Waals surface area contributed by atoms with Gasteiger partial charge in [-0.2, -0.15) is 0 Å². The van der Waals surface area contributed by atoms with E-state index in [1.54, 1.807) is 0 Å². The van der Waals surface area contributed by atoms with Gasteiger partial charge in [0, 0.05) is 25.0 Å². The van der Waals surface area contributed by atoms with Gasteiger partial charge in [0.05, 0.1) is 6.61 Å². The molecule has 3 nitrogen and oxygen atoms in total. The second kappa shape index (κ2) is 4.45. The molecule has 70 valence electrons.